The van der Waals surface area contributed by atoms with Gasteiger partial charge in [0.15, 0.2) is 0 Å². The number of hydrogen-bond acceptors (Lipinski definition) is 1. The molecule has 2 nitrogen and oxygen atoms in total. The number of carbonyl (C=O) groups excluding carboxylic acids is 1. The molecule has 0 spiro atoms. The number of halogens is 1. The third-order valence-electron chi connectivity index (χ3n) is 3.38. The van der Waals surface area contributed by atoms with Gasteiger partial charge in [-0.3, -0.25) is 4.79 Å². The minimum absolute atomic E-state index is 0.180. The van der Waals surface area contributed by atoms with Crippen LogP contribution in [0.1, 0.15) is 10.4 Å². The maximum atomic E-state index is 13.5. The number of anilines is 1. The average Bonchev–Trinajstić information content (AvgIpc) is 2.58. The Morgan fingerprint density at radius 1 is 0.727 bits per heavy atom. The molecule has 0 aliphatic rings. The zero-order valence-electron chi connectivity index (χ0n) is 11.8. The highest BCUT2D eigenvalue weighted by Gasteiger charge is 2.09. The van der Waals surface area contributed by atoms with Gasteiger partial charge < -0.3 is 5.32 Å². The van der Waals surface area contributed by atoms with E-state index < -0.39 is 5.82 Å². The van der Waals surface area contributed by atoms with Crippen molar-refractivity contribution in [2.75, 3.05) is 5.32 Å². The largest absolute Gasteiger partial charge is 0.319 e. The number of rotatable bonds is 3. The third-order valence-corrected chi connectivity index (χ3v) is 3.38. The molecule has 3 rings (SSSR count). The third kappa shape index (κ3) is 3.04. The minimum Gasteiger partial charge on any atom is -0.319 e. The molecule has 3 aromatic rings. The molecule has 0 saturated heterocycles. The molecule has 0 unspecified atom stereocenters. The Kier molecular flexibility index (Phi) is 3.97. The Hall–Kier alpha value is -2.94. The molecule has 3 aromatic carbocycles. The van der Waals surface area contributed by atoms with Crippen LogP contribution >= 0.6 is 0 Å². The Morgan fingerprint density at radius 2 is 1.32 bits per heavy atom. The van der Waals surface area contributed by atoms with Crippen LogP contribution in [0.4, 0.5) is 10.1 Å². The topological polar surface area (TPSA) is 29.1 Å². The molecule has 0 atom stereocenters. The predicted molar refractivity (Wildman–Crippen MR) is 86.2 cm³/mol. The van der Waals surface area contributed by atoms with Gasteiger partial charge in [-0.15, -0.1) is 0 Å². The fourth-order valence-corrected chi connectivity index (χ4v) is 2.20. The number of nitrogens with one attached hydrogen (secondary N) is 1. The van der Waals surface area contributed by atoms with Gasteiger partial charge in [-0.05, 0) is 35.4 Å². The van der Waals surface area contributed by atoms with Crippen LogP contribution in [0.25, 0.3) is 11.1 Å². The van der Waals surface area contributed by atoms with E-state index in [0.717, 1.165) is 11.1 Å². The van der Waals surface area contributed by atoms with Crippen LogP contribution < -0.4 is 5.32 Å². The van der Waals surface area contributed by atoms with Crippen molar-refractivity contribution in [3.8, 4) is 11.1 Å². The first kappa shape index (κ1) is 14.0. The molecule has 0 aliphatic carbocycles. The van der Waals surface area contributed by atoms with E-state index in [0.29, 0.717) is 5.56 Å². The zero-order valence-corrected chi connectivity index (χ0v) is 11.8. The van der Waals surface area contributed by atoms with Crippen LogP contribution in [0, 0.1) is 5.82 Å². The van der Waals surface area contributed by atoms with Crippen LogP contribution in [0.5, 0.6) is 0 Å². The summed E-state index contributed by atoms with van der Waals surface area (Å²) in [5.74, 6) is -0.776. The summed E-state index contributed by atoms with van der Waals surface area (Å²) in [4.78, 5) is 12.1. The molecule has 3 heteroatoms. The highest BCUT2D eigenvalue weighted by molar-refractivity contribution is 6.04. The summed E-state index contributed by atoms with van der Waals surface area (Å²) in [6.07, 6.45) is 0. The summed E-state index contributed by atoms with van der Waals surface area (Å²) in [6, 6.07) is 23.2. The molecular weight excluding hydrogens is 277 g/mol. The number of benzene rings is 3. The van der Waals surface area contributed by atoms with Gasteiger partial charge in [0.2, 0.25) is 0 Å². The fraction of sp³-hybridized carbons (Fsp3) is 0. The smallest absolute Gasteiger partial charge is 0.255 e. The molecular formula is C19H14FNO. The molecule has 108 valence electrons. The highest BCUT2D eigenvalue weighted by atomic mass is 19.1. The number of carbonyl (C=O) groups is 1. The van der Waals surface area contributed by atoms with E-state index in [1.807, 2.05) is 42.5 Å². The van der Waals surface area contributed by atoms with Crippen LogP contribution in [-0.4, -0.2) is 5.91 Å². The number of amides is 1. The Labute approximate surface area is 128 Å². The molecule has 1 amide bonds. The van der Waals surface area contributed by atoms with Gasteiger partial charge in [0, 0.05) is 5.56 Å². The quantitative estimate of drug-likeness (QED) is 0.741. The first-order valence-electron chi connectivity index (χ1n) is 6.95. The maximum Gasteiger partial charge on any atom is 0.255 e. The van der Waals surface area contributed by atoms with E-state index in [1.54, 1.807) is 24.3 Å². The first-order chi connectivity index (χ1) is 10.7. The fourth-order valence-electron chi connectivity index (χ4n) is 2.20. The van der Waals surface area contributed by atoms with Gasteiger partial charge in [0.05, 0.1) is 5.69 Å². The maximum absolute atomic E-state index is 13.5. The van der Waals surface area contributed by atoms with E-state index >= 15 is 0 Å². The number of hydrogen-bond donors (Lipinski definition) is 1. The highest BCUT2D eigenvalue weighted by Crippen LogP contribution is 2.20. The predicted octanol–water partition coefficient (Wildman–Crippen LogP) is 4.75. The van der Waals surface area contributed by atoms with Crippen molar-refractivity contribution in [3.63, 3.8) is 0 Å². The van der Waals surface area contributed by atoms with Crippen LogP contribution in [0.3, 0.4) is 0 Å². The Balaban J connectivity index is 1.78. The van der Waals surface area contributed by atoms with Crippen LogP contribution in [0.15, 0.2) is 78.9 Å². The lowest BCUT2D eigenvalue weighted by molar-refractivity contribution is 0.102. The molecule has 0 heterocycles. The lowest BCUT2D eigenvalue weighted by Gasteiger charge is -2.07. The van der Waals surface area contributed by atoms with E-state index in [9.17, 15) is 9.18 Å². The van der Waals surface area contributed by atoms with E-state index in [4.69, 9.17) is 0 Å². The van der Waals surface area contributed by atoms with E-state index in [2.05, 4.69) is 5.32 Å². The van der Waals surface area contributed by atoms with Gasteiger partial charge in [0.1, 0.15) is 5.82 Å². The summed E-state index contributed by atoms with van der Waals surface area (Å²) in [5, 5.41) is 2.57. The molecule has 0 aliphatic heterocycles. The van der Waals surface area contributed by atoms with Crippen LogP contribution in [0.2, 0.25) is 0 Å². The normalized spacial score (nSPS) is 10.2. The molecule has 22 heavy (non-hydrogen) atoms. The zero-order chi connectivity index (χ0) is 15.4. The van der Waals surface area contributed by atoms with Crippen molar-refractivity contribution >= 4 is 11.6 Å². The van der Waals surface area contributed by atoms with Gasteiger partial charge in [-0.25, -0.2) is 4.39 Å². The second kappa shape index (κ2) is 6.22. The van der Waals surface area contributed by atoms with E-state index in [1.165, 1.54) is 12.1 Å². The van der Waals surface area contributed by atoms with Crippen molar-refractivity contribution in [1.82, 2.24) is 0 Å². The number of para-hydroxylation sites is 1. The molecule has 0 radical (unpaired) electrons. The second-order valence-electron chi connectivity index (χ2n) is 4.88. The molecule has 0 bridgehead atoms. The van der Waals surface area contributed by atoms with Gasteiger partial charge in [-0.2, -0.15) is 0 Å². The summed E-state index contributed by atoms with van der Waals surface area (Å²) in [5.41, 5.74) is 2.79. The SMILES string of the molecule is O=C(Nc1ccccc1F)c1ccc(-c2ccccc2)cc1. The van der Waals surface area contributed by atoms with Crippen LogP contribution in [-0.2, 0) is 0 Å². The first-order valence-corrected chi connectivity index (χ1v) is 6.95. The summed E-state index contributed by atoms with van der Waals surface area (Å²) in [7, 11) is 0. The monoisotopic (exact) mass is 291 g/mol. The van der Waals surface area contributed by atoms with Crippen molar-refractivity contribution in [3.05, 3.63) is 90.2 Å². The van der Waals surface area contributed by atoms with Crippen molar-refractivity contribution < 1.29 is 9.18 Å². The minimum atomic E-state index is -0.447. The average molecular weight is 291 g/mol. The lowest BCUT2D eigenvalue weighted by atomic mass is 10.0. The van der Waals surface area contributed by atoms with Gasteiger partial charge in [-0.1, -0.05) is 54.6 Å². The van der Waals surface area contributed by atoms with Crippen molar-refractivity contribution in [2.24, 2.45) is 0 Å². The summed E-state index contributed by atoms with van der Waals surface area (Å²) >= 11 is 0. The summed E-state index contributed by atoms with van der Waals surface area (Å²) in [6.45, 7) is 0. The molecule has 1 N–H and O–H groups in total. The second-order valence-corrected chi connectivity index (χ2v) is 4.88. The standard InChI is InChI=1S/C19H14FNO/c20-17-8-4-5-9-18(17)21-19(22)16-12-10-15(11-13-16)14-6-2-1-3-7-14/h1-13H,(H,21,22). The molecule has 0 aromatic heterocycles. The summed E-state index contributed by atoms with van der Waals surface area (Å²) < 4.78 is 13.5. The Morgan fingerprint density at radius 3 is 2.00 bits per heavy atom. The van der Waals surface area contributed by atoms with E-state index in [-0.39, 0.29) is 11.6 Å². The van der Waals surface area contributed by atoms with Crippen molar-refractivity contribution in [1.29, 1.82) is 0 Å². The Bertz CT molecular complexity index is 782. The lowest BCUT2D eigenvalue weighted by Crippen LogP contribution is -2.12. The van der Waals surface area contributed by atoms with Gasteiger partial charge in [0.25, 0.3) is 5.91 Å². The molecule has 0 fully saturated rings. The van der Waals surface area contributed by atoms with Crippen molar-refractivity contribution in [2.45, 2.75) is 0 Å². The molecule has 0 saturated carbocycles. The van der Waals surface area contributed by atoms with Gasteiger partial charge >= 0.3 is 0 Å².